The largest absolute Gasteiger partial charge is 0.364 e. The van der Waals surface area contributed by atoms with Gasteiger partial charge in [0.2, 0.25) is 5.95 Å². The number of hydrogen-bond acceptors (Lipinski definition) is 4. The third-order valence-corrected chi connectivity index (χ3v) is 4.45. The van der Waals surface area contributed by atoms with E-state index < -0.39 is 11.8 Å². The van der Waals surface area contributed by atoms with E-state index in [0.717, 1.165) is 22.2 Å². The van der Waals surface area contributed by atoms with Crippen LogP contribution in [0.25, 0.3) is 17.0 Å². The van der Waals surface area contributed by atoms with Gasteiger partial charge in [0.1, 0.15) is 12.0 Å². The molecule has 0 fully saturated rings. The second kappa shape index (κ2) is 6.66. The molecule has 0 saturated heterocycles. The summed E-state index contributed by atoms with van der Waals surface area (Å²) in [5.74, 6) is -0.938. The van der Waals surface area contributed by atoms with Crippen LogP contribution < -0.4 is 11.1 Å². The number of amides is 2. The summed E-state index contributed by atoms with van der Waals surface area (Å²) in [4.78, 5) is 36.5. The van der Waals surface area contributed by atoms with Gasteiger partial charge in [-0.1, -0.05) is 29.8 Å². The van der Waals surface area contributed by atoms with Gasteiger partial charge < -0.3 is 16.0 Å². The van der Waals surface area contributed by atoms with Gasteiger partial charge in [0.25, 0.3) is 11.8 Å². The van der Waals surface area contributed by atoms with Crippen molar-refractivity contribution in [1.29, 1.82) is 0 Å². The van der Waals surface area contributed by atoms with Gasteiger partial charge in [-0.15, -0.1) is 0 Å². The van der Waals surface area contributed by atoms with Crippen LogP contribution in [0.3, 0.4) is 0 Å². The van der Waals surface area contributed by atoms with Gasteiger partial charge in [-0.05, 0) is 37.6 Å². The molecule has 8 nitrogen and oxygen atoms in total. The van der Waals surface area contributed by atoms with E-state index >= 15 is 0 Å². The molecule has 0 aliphatic rings. The number of nitrogens with two attached hydrogens (primary N) is 1. The molecule has 2 amide bonds. The molecule has 4 aromatic rings. The van der Waals surface area contributed by atoms with E-state index in [0.29, 0.717) is 11.6 Å². The van der Waals surface area contributed by atoms with Gasteiger partial charge in [0.05, 0.1) is 11.0 Å². The summed E-state index contributed by atoms with van der Waals surface area (Å²) >= 11 is 0. The Morgan fingerprint density at radius 2 is 1.93 bits per heavy atom. The molecule has 8 heteroatoms. The van der Waals surface area contributed by atoms with Crippen LogP contribution in [0, 0.1) is 13.8 Å². The number of anilines is 1. The van der Waals surface area contributed by atoms with E-state index in [-0.39, 0.29) is 11.4 Å². The molecule has 2 heterocycles. The van der Waals surface area contributed by atoms with Crippen molar-refractivity contribution in [3.05, 3.63) is 71.3 Å². The van der Waals surface area contributed by atoms with Gasteiger partial charge in [0.15, 0.2) is 5.69 Å². The first-order valence-electron chi connectivity index (χ1n) is 8.65. The summed E-state index contributed by atoms with van der Waals surface area (Å²) in [6, 6.07) is 13.1. The molecule has 0 bridgehead atoms. The minimum Gasteiger partial charge on any atom is -0.364 e. The number of carbonyl (C=O) groups is 2. The zero-order chi connectivity index (χ0) is 19.8. The SMILES string of the molecule is Cc1ccc(NC(=O)c2ncn(-c3nc4ccccc4[nH]3)c2C(N)=O)c(C)c1. The fraction of sp³-hybridized carbons (Fsp3) is 0.100. The average Bonchev–Trinajstić information content (AvgIpc) is 3.27. The Morgan fingerprint density at radius 1 is 1.14 bits per heavy atom. The van der Waals surface area contributed by atoms with Crippen molar-refractivity contribution in [2.45, 2.75) is 13.8 Å². The molecule has 0 unspecified atom stereocenters. The monoisotopic (exact) mass is 374 g/mol. The van der Waals surface area contributed by atoms with Crippen LogP contribution in [0.5, 0.6) is 0 Å². The smallest absolute Gasteiger partial charge is 0.276 e. The number of aromatic amines is 1. The number of nitrogens with zero attached hydrogens (tertiary/aromatic N) is 3. The van der Waals surface area contributed by atoms with Gasteiger partial charge in [-0.2, -0.15) is 0 Å². The minimum absolute atomic E-state index is 0.0404. The van der Waals surface area contributed by atoms with E-state index in [2.05, 4.69) is 20.3 Å². The lowest BCUT2D eigenvalue weighted by Crippen LogP contribution is -2.23. The Balaban J connectivity index is 1.74. The van der Waals surface area contributed by atoms with Crippen LogP contribution >= 0.6 is 0 Å². The van der Waals surface area contributed by atoms with E-state index in [1.165, 1.54) is 10.9 Å². The number of H-pyrrole nitrogens is 1. The number of aryl methyl sites for hydroxylation is 2. The molecular weight excluding hydrogens is 356 g/mol. The summed E-state index contributed by atoms with van der Waals surface area (Å²) in [6.07, 6.45) is 1.36. The summed E-state index contributed by atoms with van der Waals surface area (Å²) in [5.41, 5.74) is 9.60. The molecule has 0 spiro atoms. The lowest BCUT2D eigenvalue weighted by atomic mass is 10.1. The maximum Gasteiger partial charge on any atom is 0.276 e. The molecule has 2 aromatic carbocycles. The van der Waals surface area contributed by atoms with Crippen LogP contribution in [0.15, 0.2) is 48.8 Å². The van der Waals surface area contributed by atoms with Crippen molar-refractivity contribution in [3.63, 3.8) is 0 Å². The highest BCUT2D eigenvalue weighted by Gasteiger charge is 2.24. The number of para-hydroxylation sites is 2. The molecule has 0 aliphatic heterocycles. The lowest BCUT2D eigenvalue weighted by molar-refractivity contribution is 0.0970. The van der Waals surface area contributed by atoms with Gasteiger partial charge in [-0.3, -0.25) is 14.2 Å². The number of fused-ring (bicyclic) bond motifs is 1. The fourth-order valence-electron chi connectivity index (χ4n) is 3.10. The number of hydrogen-bond donors (Lipinski definition) is 3. The van der Waals surface area contributed by atoms with Crippen molar-refractivity contribution in [2.75, 3.05) is 5.32 Å². The third-order valence-electron chi connectivity index (χ3n) is 4.45. The van der Waals surface area contributed by atoms with E-state index in [1.54, 1.807) is 0 Å². The highest BCUT2D eigenvalue weighted by Crippen LogP contribution is 2.20. The summed E-state index contributed by atoms with van der Waals surface area (Å²) in [5, 5.41) is 2.79. The second-order valence-corrected chi connectivity index (χ2v) is 6.53. The Bertz CT molecular complexity index is 1190. The Kier molecular flexibility index (Phi) is 4.15. The Hall–Kier alpha value is -3.94. The molecule has 2 aromatic heterocycles. The summed E-state index contributed by atoms with van der Waals surface area (Å²) in [6.45, 7) is 3.86. The standard InChI is InChI=1S/C20H18N6O2/c1-11-7-8-13(12(2)9-11)23-19(28)16-17(18(21)27)26(10-22-16)20-24-14-5-3-4-6-15(14)25-20/h3-10H,1-2H3,(H2,21,27)(H,23,28)(H,24,25). The molecule has 28 heavy (non-hydrogen) atoms. The predicted molar refractivity (Wildman–Crippen MR) is 106 cm³/mol. The quantitative estimate of drug-likeness (QED) is 0.509. The van der Waals surface area contributed by atoms with Crippen molar-refractivity contribution >= 4 is 28.5 Å². The maximum absolute atomic E-state index is 12.8. The second-order valence-electron chi connectivity index (χ2n) is 6.53. The lowest BCUT2D eigenvalue weighted by Gasteiger charge is -2.09. The zero-order valence-corrected chi connectivity index (χ0v) is 15.4. The Labute approximate surface area is 160 Å². The summed E-state index contributed by atoms with van der Waals surface area (Å²) in [7, 11) is 0. The van der Waals surface area contributed by atoms with E-state index in [9.17, 15) is 9.59 Å². The van der Waals surface area contributed by atoms with Crippen molar-refractivity contribution in [3.8, 4) is 5.95 Å². The van der Waals surface area contributed by atoms with Gasteiger partial charge >= 0.3 is 0 Å². The number of aromatic nitrogens is 4. The van der Waals surface area contributed by atoms with Crippen LogP contribution in [0.1, 0.15) is 32.1 Å². The first-order chi connectivity index (χ1) is 13.4. The maximum atomic E-state index is 12.8. The average molecular weight is 374 g/mol. The highest BCUT2D eigenvalue weighted by atomic mass is 16.2. The van der Waals surface area contributed by atoms with Crippen LogP contribution in [-0.4, -0.2) is 31.3 Å². The molecule has 4 N–H and O–H groups in total. The number of imidazole rings is 2. The highest BCUT2D eigenvalue weighted by molar-refractivity contribution is 6.10. The number of benzene rings is 2. The molecule has 0 atom stereocenters. The van der Waals surface area contributed by atoms with Crippen molar-refractivity contribution < 1.29 is 9.59 Å². The van der Waals surface area contributed by atoms with Crippen LogP contribution in [-0.2, 0) is 0 Å². The molecule has 0 radical (unpaired) electrons. The molecule has 140 valence electrons. The van der Waals surface area contributed by atoms with Crippen molar-refractivity contribution in [2.24, 2.45) is 5.73 Å². The number of rotatable bonds is 4. The molecule has 4 rings (SSSR count). The topological polar surface area (TPSA) is 119 Å². The summed E-state index contributed by atoms with van der Waals surface area (Å²) < 4.78 is 1.39. The number of carbonyl (C=O) groups excluding carboxylic acids is 2. The normalized spacial score (nSPS) is 10.9. The van der Waals surface area contributed by atoms with Crippen LogP contribution in [0.4, 0.5) is 5.69 Å². The minimum atomic E-state index is -0.774. The predicted octanol–water partition coefficient (Wildman–Crippen LogP) is 2.72. The van der Waals surface area contributed by atoms with Gasteiger partial charge in [0, 0.05) is 5.69 Å². The number of primary amides is 1. The van der Waals surface area contributed by atoms with Crippen LogP contribution in [0.2, 0.25) is 0 Å². The third kappa shape index (κ3) is 3.01. The fourth-order valence-corrected chi connectivity index (χ4v) is 3.10. The first kappa shape index (κ1) is 17.5. The molecule has 0 saturated carbocycles. The van der Waals surface area contributed by atoms with E-state index in [1.807, 2.05) is 56.3 Å². The molecular formula is C20H18N6O2. The molecule has 0 aliphatic carbocycles. The zero-order valence-electron chi connectivity index (χ0n) is 15.4. The first-order valence-corrected chi connectivity index (χ1v) is 8.65. The number of nitrogens with one attached hydrogen (secondary N) is 2. The van der Waals surface area contributed by atoms with E-state index in [4.69, 9.17) is 5.73 Å². The van der Waals surface area contributed by atoms with Crippen molar-refractivity contribution in [1.82, 2.24) is 19.5 Å². The van der Waals surface area contributed by atoms with Gasteiger partial charge in [-0.25, -0.2) is 9.97 Å². The Morgan fingerprint density at radius 3 is 2.64 bits per heavy atom.